The Labute approximate surface area is 334 Å². The van der Waals surface area contributed by atoms with Crippen LogP contribution >= 0.6 is 0 Å². The van der Waals surface area contributed by atoms with Crippen LogP contribution in [0.25, 0.3) is 0 Å². The van der Waals surface area contributed by atoms with Crippen LogP contribution in [0.3, 0.4) is 0 Å². The highest BCUT2D eigenvalue weighted by atomic mass is 16.8. The molecule has 0 aliphatic carbocycles. The summed E-state index contributed by atoms with van der Waals surface area (Å²) in [5.74, 6) is 0.349. The number of hydrogen-bond acceptors (Lipinski definition) is 8. The van der Waals surface area contributed by atoms with Gasteiger partial charge in [-0.15, -0.1) is 0 Å². The van der Waals surface area contributed by atoms with Crippen LogP contribution in [0.4, 0.5) is 0 Å². The molecule has 1 saturated heterocycles. The van der Waals surface area contributed by atoms with E-state index in [0.29, 0.717) is 54.8 Å². The number of ether oxygens (including phenoxy) is 6. The molecule has 7 rings (SSSR count). The van der Waals surface area contributed by atoms with Crippen molar-refractivity contribution >= 4 is 5.78 Å². The minimum absolute atomic E-state index is 0.0154. The molecule has 3 atom stereocenters. The largest absolute Gasteiger partial charge is 0.507 e. The fourth-order valence-electron chi connectivity index (χ4n) is 6.92. The van der Waals surface area contributed by atoms with Crippen molar-refractivity contribution in [3.8, 4) is 28.7 Å². The lowest BCUT2D eigenvalue weighted by Gasteiger charge is -2.25. The average molecular weight is 765 g/mol. The van der Waals surface area contributed by atoms with E-state index in [0.717, 1.165) is 27.8 Å². The fraction of sp³-hybridized carbons (Fsp3) is 0.245. The lowest BCUT2D eigenvalue weighted by atomic mass is 9.97. The topological polar surface area (TPSA) is 92.7 Å². The molecule has 0 aromatic heterocycles. The second-order valence-corrected chi connectivity index (χ2v) is 14.0. The van der Waals surface area contributed by atoms with Gasteiger partial charge in [0.2, 0.25) is 5.79 Å². The molecule has 1 aliphatic rings. The molecule has 8 nitrogen and oxygen atoms in total. The highest BCUT2D eigenvalue weighted by Gasteiger charge is 2.51. The third-order valence-corrected chi connectivity index (χ3v) is 10.0. The summed E-state index contributed by atoms with van der Waals surface area (Å²) in [7, 11) is 0. The van der Waals surface area contributed by atoms with E-state index in [1.54, 1.807) is 19.1 Å². The van der Waals surface area contributed by atoms with Gasteiger partial charge in [-0.05, 0) is 39.9 Å². The summed E-state index contributed by atoms with van der Waals surface area (Å²) >= 11 is 0. The fourth-order valence-corrected chi connectivity index (χ4v) is 6.92. The quantitative estimate of drug-likeness (QED) is 0.0925. The van der Waals surface area contributed by atoms with Gasteiger partial charge in [0.1, 0.15) is 49.8 Å². The normalized spacial score (nSPS) is 17.5. The Kier molecular flexibility index (Phi) is 12.8. The summed E-state index contributed by atoms with van der Waals surface area (Å²) in [5, 5.41) is 11.7. The van der Waals surface area contributed by atoms with E-state index in [9.17, 15) is 9.90 Å². The molecule has 1 unspecified atom stereocenters. The molecule has 0 spiro atoms. The monoisotopic (exact) mass is 764 g/mol. The van der Waals surface area contributed by atoms with E-state index < -0.39 is 18.0 Å². The van der Waals surface area contributed by atoms with Gasteiger partial charge >= 0.3 is 0 Å². The molecule has 292 valence electrons. The number of phenolic OH excluding ortho intramolecular Hbond substituents is 1. The zero-order chi connectivity index (χ0) is 39.5. The average Bonchev–Trinajstić information content (AvgIpc) is 3.65. The molecule has 1 aliphatic heterocycles. The molecule has 1 heterocycles. The molecule has 8 heteroatoms. The molecule has 1 fully saturated rings. The summed E-state index contributed by atoms with van der Waals surface area (Å²) in [6.45, 7) is 4.94. The Morgan fingerprint density at radius 3 is 1.58 bits per heavy atom. The van der Waals surface area contributed by atoms with Gasteiger partial charge in [-0.2, -0.15) is 0 Å². The van der Waals surface area contributed by atoms with Crippen LogP contribution in [0.15, 0.2) is 152 Å². The third-order valence-electron chi connectivity index (χ3n) is 10.0. The highest BCUT2D eigenvalue weighted by Crippen LogP contribution is 2.47. The predicted molar refractivity (Wildman–Crippen MR) is 218 cm³/mol. The van der Waals surface area contributed by atoms with Crippen LogP contribution in [0, 0.1) is 0 Å². The number of ketones is 1. The zero-order valence-electron chi connectivity index (χ0n) is 32.3. The number of Topliss-reactive ketones (excluding diaryl/α,β-unsaturated/α-hetero) is 1. The molecular formula is C49H48O8. The number of aromatic hydroxyl groups is 1. The van der Waals surface area contributed by atoms with Gasteiger partial charge in [-0.3, -0.25) is 4.79 Å². The number of benzene rings is 6. The molecule has 57 heavy (non-hydrogen) atoms. The maximum Gasteiger partial charge on any atom is 0.229 e. The van der Waals surface area contributed by atoms with Crippen LogP contribution in [0.1, 0.15) is 66.2 Å². The Hall–Kier alpha value is -6.09. The lowest BCUT2D eigenvalue weighted by Crippen LogP contribution is -2.39. The van der Waals surface area contributed by atoms with Crippen molar-refractivity contribution in [3.63, 3.8) is 0 Å². The van der Waals surface area contributed by atoms with Crippen molar-refractivity contribution in [1.29, 1.82) is 0 Å². The molecular weight excluding hydrogens is 717 g/mol. The first kappa shape index (κ1) is 39.2. The molecule has 6 aromatic rings. The van der Waals surface area contributed by atoms with Gasteiger partial charge in [0.05, 0.1) is 6.10 Å². The van der Waals surface area contributed by atoms with Gasteiger partial charge in [0, 0.05) is 37.0 Å². The first-order valence-electron chi connectivity index (χ1n) is 19.5. The molecule has 0 bridgehead atoms. The Morgan fingerprint density at radius 1 is 0.579 bits per heavy atom. The van der Waals surface area contributed by atoms with Gasteiger partial charge in [0.15, 0.2) is 17.3 Å². The molecule has 1 N–H and O–H groups in total. The minimum atomic E-state index is -1.48. The van der Waals surface area contributed by atoms with E-state index in [1.165, 1.54) is 0 Å². The van der Waals surface area contributed by atoms with E-state index in [4.69, 9.17) is 28.4 Å². The van der Waals surface area contributed by atoms with Crippen LogP contribution in [0.5, 0.6) is 28.7 Å². The summed E-state index contributed by atoms with van der Waals surface area (Å²) in [5.41, 5.74) is 5.23. The summed E-state index contributed by atoms with van der Waals surface area (Å²) in [6.07, 6.45) is -0.699. The van der Waals surface area contributed by atoms with Crippen LogP contribution < -0.4 is 18.9 Å². The third kappa shape index (κ3) is 9.84. The predicted octanol–water partition coefficient (Wildman–Crippen LogP) is 10.5. The van der Waals surface area contributed by atoms with E-state index in [-0.39, 0.29) is 31.0 Å². The standard InChI is InChI=1S/C49H48O8/c1-3-47(51)49(4-2)56-46(30-41-42(50)28-40(52-31-35-17-9-5-10-18-35)29-44(41)54-33-37-21-13-7-14-22-37)48(57-49)39-25-26-43(53-32-36-19-11-6-12-20-36)45(27-39)55-34-38-23-15-8-16-24-38/h5-29,46,48,50H,3-4,30-34H2,1-2H3/t46-,48-,49?/m1/s1. The Bertz CT molecular complexity index is 2190. The number of rotatable bonds is 18. The number of carbonyl (C=O) groups is 1. The second kappa shape index (κ2) is 18.7. The van der Waals surface area contributed by atoms with Crippen molar-refractivity contribution in [3.05, 3.63) is 185 Å². The Morgan fingerprint density at radius 2 is 1.07 bits per heavy atom. The van der Waals surface area contributed by atoms with E-state index in [1.807, 2.05) is 146 Å². The number of phenols is 1. The maximum atomic E-state index is 13.6. The number of carbonyl (C=O) groups excluding carboxylic acids is 1. The molecule has 0 amide bonds. The maximum absolute atomic E-state index is 13.6. The van der Waals surface area contributed by atoms with E-state index >= 15 is 0 Å². The lowest BCUT2D eigenvalue weighted by molar-refractivity contribution is -0.190. The second-order valence-electron chi connectivity index (χ2n) is 14.0. The van der Waals surface area contributed by atoms with Crippen LogP contribution in [-0.2, 0) is 47.1 Å². The number of hydrogen-bond donors (Lipinski definition) is 1. The van der Waals surface area contributed by atoms with Gasteiger partial charge in [-0.1, -0.05) is 141 Å². The highest BCUT2D eigenvalue weighted by molar-refractivity contribution is 5.86. The molecule has 0 radical (unpaired) electrons. The van der Waals surface area contributed by atoms with Gasteiger partial charge in [-0.25, -0.2) is 0 Å². The SMILES string of the molecule is CCC(=O)C1(CC)O[C@H](c2ccc(OCc3ccccc3)c(OCc3ccccc3)c2)[C@@H](Cc2c(O)cc(OCc3ccccc3)cc2OCc2ccccc2)O1. The molecule has 0 saturated carbocycles. The van der Waals surface area contributed by atoms with Gasteiger partial charge in [0.25, 0.3) is 0 Å². The van der Waals surface area contributed by atoms with Crippen LogP contribution in [-0.4, -0.2) is 22.8 Å². The Balaban J connectivity index is 1.22. The van der Waals surface area contributed by atoms with Crippen molar-refractivity contribution in [2.24, 2.45) is 0 Å². The first-order chi connectivity index (χ1) is 27.9. The van der Waals surface area contributed by atoms with Crippen molar-refractivity contribution in [1.82, 2.24) is 0 Å². The van der Waals surface area contributed by atoms with Crippen molar-refractivity contribution in [2.75, 3.05) is 0 Å². The summed E-state index contributed by atoms with van der Waals surface area (Å²) < 4.78 is 38.7. The first-order valence-corrected chi connectivity index (χ1v) is 19.5. The molecule has 6 aromatic carbocycles. The summed E-state index contributed by atoms with van der Waals surface area (Å²) in [4.78, 5) is 13.6. The van der Waals surface area contributed by atoms with E-state index in [2.05, 4.69) is 0 Å². The zero-order valence-corrected chi connectivity index (χ0v) is 32.3. The summed E-state index contributed by atoms with van der Waals surface area (Å²) in [6, 6.07) is 48.6. The van der Waals surface area contributed by atoms with Crippen molar-refractivity contribution in [2.45, 2.75) is 77.5 Å². The minimum Gasteiger partial charge on any atom is -0.507 e. The smallest absolute Gasteiger partial charge is 0.229 e. The van der Waals surface area contributed by atoms with Crippen LogP contribution in [0.2, 0.25) is 0 Å². The van der Waals surface area contributed by atoms with Crippen molar-refractivity contribution < 1.29 is 38.3 Å². The van der Waals surface area contributed by atoms with Gasteiger partial charge < -0.3 is 33.5 Å².